The minimum atomic E-state index is -2.86. The molecule has 6 nitrogen and oxygen atoms in total. The molecule has 0 radical (unpaired) electrons. The van der Waals surface area contributed by atoms with E-state index in [9.17, 15) is 8.42 Å². The lowest BCUT2D eigenvalue weighted by atomic mass is 10.0. The Labute approximate surface area is 119 Å². The third-order valence-corrected chi connectivity index (χ3v) is 6.01. The van der Waals surface area contributed by atoms with Crippen LogP contribution in [-0.4, -0.2) is 36.6 Å². The van der Waals surface area contributed by atoms with Gasteiger partial charge in [0, 0.05) is 6.42 Å². The molecule has 2 fully saturated rings. The number of nitrogens with one attached hydrogen (secondary N) is 1. The summed E-state index contributed by atoms with van der Waals surface area (Å²) < 4.78 is 28.6. The first kappa shape index (κ1) is 14.0. The zero-order chi connectivity index (χ0) is 14.0. The first-order chi connectivity index (χ1) is 9.62. The number of aromatic nitrogens is 2. The van der Waals surface area contributed by atoms with Gasteiger partial charge in [0.05, 0.1) is 17.5 Å². The molecule has 1 N–H and O–H groups in total. The fourth-order valence-electron chi connectivity index (χ4n) is 3.09. The second-order valence-corrected chi connectivity index (χ2v) is 8.11. The Morgan fingerprint density at radius 3 is 2.90 bits per heavy atom. The van der Waals surface area contributed by atoms with Crippen LogP contribution in [0, 0.1) is 5.92 Å². The first-order valence-electron chi connectivity index (χ1n) is 7.39. The molecule has 1 aromatic rings. The van der Waals surface area contributed by atoms with E-state index < -0.39 is 9.84 Å². The van der Waals surface area contributed by atoms with Crippen molar-refractivity contribution < 1.29 is 12.9 Å². The molecule has 0 saturated carbocycles. The van der Waals surface area contributed by atoms with Crippen LogP contribution >= 0.6 is 0 Å². The molecule has 1 aromatic heterocycles. The van der Waals surface area contributed by atoms with E-state index in [2.05, 4.69) is 15.5 Å². The molecule has 3 rings (SSSR count). The molecule has 3 heterocycles. The number of hydrogen-bond acceptors (Lipinski definition) is 6. The lowest BCUT2D eigenvalue weighted by Gasteiger charge is -2.20. The van der Waals surface area contributed by atoms with Crippen molar-refractivity contribution in [1.82, 2.24) is 15.5 Å². The summed E-state index contributed by atoms with van der Waals surface area (Å²) in [7, 11) is -2.86. The number of hydrogen-bond donors (Lipinski definition) is 1. The van der Waals surface area contributed by atoms with E-state index >= 15 is 0 Å². The van der Waals surface area contributed by atoms with E-state index in [4.69, 9.17) is 4.52 Å². The van der Waals surface area contributed by atoms with Gasteiger partial charge >= 0.3 is 0 Å². The summed E-state index contributed by atoms with van der Waals surface area (Å²) in [5, 5.41) is 7.39. The van der Waals surface area contributed by atoms with Crippen LogP contribution in [0.1, 0.15) is 49.9 Å². The van der Waals surface area contributed by atoms with E-state index in [1.54, 1.807) is 0 Å². The Bertz CT molecular complexity index is 549. The molecule has 2 saturated heterocycles. The fraction of sp³-hybridized carbons (Fsp3) is 0.846. The number of nitrogens with zero attached hydrogens (tertiary/aromatic N) is 2. The molecule has 0 aliphatic carbocycles. The topological polar surface area (TPSA) is 85.1 Å². The minimum Gasteiger partial charge on any atom is -0.338 e. The van der Waals surface area contributed by atoms with Crippen LogP contribution in [0.25, 0.3) is 0 Å². The highest BCUT2D eigenvalue weighted by molar-refractivity contribution is 7.91. The highest BCUT2D eigenvalue weighted by Gasteiger charge is 2.27. The van der Waals surface area contributed by atoms with Crippen LogP contribution in [-0.2, 0) is 16.3 Å². The standard InChI is InChI=1S/C13H21N3O3S/c17-20(18)7-3-4-10(9-20)8-12-15-13(19-16-12)11-5-1-2-6-14-11/h10-11,14H,1-9H2. The first-order valence-corrected chi connectivity index (χ1v) is 9.21. The highest BCUT2D eigenvalue weighted by atomic mass is 32.2. The maximum absolute atomic E-state index is 11.6. The van der Waals surface area contributed by atoms with Crippen molar-refractivity contribution in [3.63, 3.8) is 0 Å². The molecule has 2 unspecified atom stereocenters. The van der Waals surface area contributed by atoms with Crippen LogP contribution < -0.4 is 5.32 Å². The molecule has 7 heteroatoms. The SMILES string of the molecule is O=S1(=O)CCCC(Cc2noc(C3CCCCN3)n2)C1. The van der Waals surface area contributed by atoms with Gasteiger partial charge in [-0.05, 0) is 38.1 Å². The van der Waals surface area contributed by atoms with Crippen molar-refractivity contribution >= 4 is 9.84 Å². The number of rotatable bonds is 3. The van der Waals surface area contributed by atoms with Gasteiger partial charge in [-0.2, -0.15) is 4.98 Å². The van der Waals surface area contributed by atoms with Gasteiger partial charge in [-0.3, -0.25) is 0 Å². The molecule has 2 aliphatic heterocycles. The Morgan fingerprint density at radius 1 is 1.25 bits per heavy atom. The van der Waals surface area contributed by atoms with Crippen LogP contribution in [0.3, 0.4) is 0 Å². The lowest BCUT2D eigenvalue weighted by molar-refractivity contribution is 0.295. The van der Waals surface area contributed by atoms with E-state index in [1.165, 1.54) is 12.8 Å². The van der Waals surface area contributed by atoms with Crippen molar-refractivity contribution in [1.29, 1.82) is 0 Å². The molecule has 0 amide bonds. The van der Waals surface area contributed by atoms with Gasteiger partial charge in [0.1, 0.15) is 0 Å². The van der Waals surface area contributed by atoms with Gasteiger partial charge in [0.15, 0.2) is 15.7 Å². The molecule has 0 aromatic carbocycles. The molecule has 112 valence electrons. The Morgan fingerprint density at radius 2 is 2.15 bits per heavy atom. The largest absolute Gasteiger partial charge is 0.338 e. The summed E-state index contributed by atoms with van der Waals surface area (Å²) in [6, 6.07) is 0.167. The van der Waals surface area contributed by atoms with Gasteiger partial charge in [-0.15, -0.1) is 0 Å². The van der Waals surface area contributed by atoms with Crippen molar-refractivity contribution in [3.05, 3.63) is 11.7 Å². The normalized spacial score (nSPS) is 30.2. The molecule has 0 spiro atoms. The van der Waals surface area contributed by atoms with E-state index in [0.717, 1.165) is 25.8 Å². The number of sulfone groups is 1. The highest BCUT2D eigenvalue weighted by Crippen LogP contribution is 2.24. The second-order valence-electron chi connectivity index (χ2n) is 5.88. The molecular weight excluding hydrogens is 278 g/mol. The quantitative estimate of drug-likeness (QED) is 0.904. The maximum atomic E-state index is 11.6. The van der Waals surface area contributed by atoms with Crippen molar-refractivity contribution in [2.45, 2.75) is 44.6 Å². The third-order valence-electron chi connectivity index (χ3n) is 4.12. The fourth-order valence-corrected chi connectivity index (χ4v) is 4.87. The van der Waals surface area contributed by atoms with Crippen LogP contribution in [0.15, 0.2) is 4.52 Å². The average molecular weight is 299 g/mol. The molecule has 2 atom stereocenters. The zero-order valence-corrected chi connectivity index (χ0v) is 12.4. The Kier molecular flexibility index (Phi) is 4.07. The summed E-state index contributed by atoms with van der Waals surface area (Å²) in [5.74, 6) is 2.03. The van der Waals surface area contributed by atoms with Crippen LogP contribution in [0.2, 0.25) is 0 Å². The summed E-state index contributed by atoms with van der Waals surface area (Å²) in [6.45, 7) is 0.989. The predicted molar refractivity (Wildman–Crippen MR) is 74.0 cm³/mol. The second kappa shape index (κ2) is 5.81. The summed E-state index contributed by atoms with van der Waals surface area (Å²) in [6.07, 6.45) is 5.69. The average Bonchev–Trinajstić information content (AvgIpc) is 2.87. The van der Waals surface area contributed by atoms with E-state index in [0.29, 0.717) is 23.9 Å². The van der Waals surface area contributed by atoms with Crippen molar-refractivity contribution in [2.75, 3.05) is 18.1 Å². The Hall–Kier alpha value is -0.950. The molecule has 2 aliphatic rings. The summed E-state index contributed by atoms with van der Waals surface area (Å²) in [4.78, 5) is 4.44. The lowest BCUT2D eigenvalue weighted by Crippen LogP contribution is -2.27. The van der Waals surface area contributed by atoms with Gasteiger partial charge in [0.25, 0.3) is 0 Å². The van der Waals surface area contributed by atoms with Gasteiger partial charge in [-0.1, -0.05) is 11.6 Å². The summed E-state index contributed by atoms with van der Waals surface area (Å²) in [5.41, 5.74) is 0. The van der Waals surface area contributed by atoms with Crippen molar-refractivity contribution in [3.8, 4) is 0 Å². The molecule has 0 bridgehead atoms. The van der Waals surface area contributed by atoms with Gasteiger partial charge in [-0.25, -0.2) is 8.42 Å². The third kappa shape index (κ3) is 3.38. The maximum Gasteiger partial charge on any atom is 0.243 e. The number of piperidine rings is 1. The summed E-state index contributed by atoms with van der Waals surface area (Å²) >= 11 is 0. The predicted octanol–water partition coefficient (Wildman–Crippen LogP) is 1.25. The van der Waals surface area contributed by atoms with E-state index in [1.807, 2.05) is 0 Å². The molecule has 20 heavy (non-hydrogen) atoms. The van der Waals surface area contributed by atoms with Gasteiger partial charge in [0.2, 0.25) is 5.89 Å². The van der Waals surface area contributed by atoms with E-state index in [-0.39, 0.29) is 17.7 Å². The molecular formula is C13H21N3O3S. The van der Waals surface area contributed by atoms with Crippen LogP contribution in [0.5, 0.6) is 0 Å². The monoisotopic (exact) mass is 299 g/mol. The minimum absolute atomic E-state index is 0.138. The van der Waals surface area contributed by atoms with Crippen molar-refractivity contribution in [2.24, 2.45) is 5.92 Å². The Balaban J connectivity index is 1.62. The van der Waals surface area contributed by atoms with Crippen LogP contribution in [0.4, 0.5) is 0 Å². The van der Waals surface area contributed by atoms with Gasteiger partial charge < -0.3 is 9.84 Å². The zero-order valence-electron chi connectivity index (χ0n) is 11.5. The smallest absolute Gasteiger partial charge is 0.243 e.